The minimum Gasteiger partial charge on any atom is -0.405 e. The summed E-state index contributed by atoms with van der Waals surface area (Å²) in [5.41, 5.74) is 2.40. The fraction of sp³-hybridized carbons (Fsp3) is 0.143. The van der Waals surface area contributed by atoms with Crippen LogP contribution >= 0.6 is 16.0 Å². The van der Waals surface area contributed by atoms with Gasteiger partial charge in [-0.05, 0) is 48.5 Å². The smallest absolute Gasteiger partial charge is 0.405 e. The molecule has 0 bridgehead atoms. The topological polar surface area (TPSA) is 54.0 Å². The van der Waals surface area contributed by atoms with Crippen LogP contribution in [0.2, 0.25) is 0 Å². The standard InChI is InChI=1S/C28H29N3O3P2/c32-36(33-27-17-9-3-10-18-27,34-28-19-11-4-12-20-28)29-21-24-35-30(25-13-5-1-6-14-25)22-23-31(35)26-15-7-2-8-16-26/h1-20H,21-24H2,(H,29,32). The summed E-state index contributed by atoms with van der Waals surface area (Å²) in [4.78, 5) is 0. The molecule has 8 heteroatoms. The second-order valence-corrected chi connectivity index (χ2v) is 12.1. The van der Waals surface area contributed by atoms with E-state index in [1.54, 1.807) is 24.3 Å². The average molecular weight is 518 g/mol. The van der Waals surface area contributed by atoms with E-state index < -0.39 is 16.0 Å². The fourth-order valence-corrected chi connectivity index (χ4v) is 8.15. The Balaban J connectivity index is 1.34. The largest absolute Gasteiger partial charge is 0.512 e. The summed E-state index contributed by atoms with van der Waals surface area (Å²) in [6.07, 6.45) is 0.777. The lowest BCUT2D eigenvalue weighted by atomic mass is 10.3. The van der Waals surface area contributed by atoms with Gasteiger partial charge in [0.2, 0.25) is 0 Å². The van der Waals surface area contributed by atoms with Gasteiger partial charge in [0, 0.05) is 37.2 Å². The van der Waals surface area contributed by atoms with E-state index in [1.165, 1.54) is 11.4 Å². The lowest BCUT2D eigenvalue weighted by Gasteiger charge is -2.32. The number of nitrogens with one attached hydrogen (secondary N) is 1. The van der Waals surface area contributed by atoms with Crippen molar-refractivity contribution in [2.45, 2.75) is 0 Å². The van der Waals surface area contributed by atoms with E-state index >= 15 is 0 Å². The van der Waals surface area contributed by atoms with Crippen LogP contribution in [-0.2, 0) is 4.57 Å². The van der Waals surface area contributed by atoms with Crippen LogP contribution in [0, 0.1) is 0 Å². The Morgan fingerprint density at radius 3 is 1.44 bits per heavy atom. The molecule has 1 N–H and O–H groups in total. The first-order valence-corrected chi connectivity index (χ1v) is 14.9. The van der Waals surface area contributed by atoms with Gasteiger partial charge in [-0.2, -0.15) is 0 Å². The van der Waals surface area contributed by atoms with Crippen molar-refractivity contribution in [1.29, 1.82) is 0 Å². The van der Waals surface area contributed by atoms with E-state index in [0.29, 0.717) is 18.0 Å². The molecular formula is C28H29N3O3P2. The van der Waals surface area contributed by atoms with Gasteiger partial charge < -0.3 is 18.4 Å². The molecule has 4 aromatic carbocycles. The van der Waals surface area contributed by atoms with Gasteiger partial charge in [0.15, 0.2) is 0 Å². The lowest BCUT2D eigenvalue weighted by molar-refractivity contribution is 0.372. The molecule has 0 unspecified atom stereocenters. The molecule has 1 aliphatic heterocycles. The van der Waals surface area contributed by atoms with Gasteiger partial charge in [0.05, 0.1) is 8.22 Å². The number of nitrogens with zero attached hydrogens (tertiary/aromatic N) is 2. The SMILES string of the molecule is O=P(NCCP1N(c2ccccc2)CCN1c1ccccc1)(Oc1ccccc1)Oc1ccccc1. The van der Waals surface area contributed by atoms with Crippen molar-refractivity contribution in [3.63, 3.8) is 0 Å². The summed E-state index contributed by atoms with van der Waals surface area (Å²) in [6, 6.07) is 39.2. The number of para-hydroxylation sites is 4. The quantitative estimate of drug-likeness (QED) is 0.225. The highest BCUT2D eigenvalue weighted by Crippen LogP contribution is 2.53. The third-order valence-electron chi connectivity index (χ3n) is 5.74. The summed E-state index contributed by atoms with van der Waals surface area (Å²) >= 11 is 0. The molecule has 0 aliphatic carbocycles. The second-order valence-electron chi connectivity index (χ2n) is 8.23. The number of anilines is 2. The first-order valence-electron chi connectivity index (χ1n) is 12.0. The van der Waals surface area contributed by atoms with Crippen LogP contribution in [0.1, 0.15) is 0 Å². The van der Waals surface area contributed by atoms with Crippen molar-refractivity contribution in [3.05, 3.63) is 121 Å². The maximum Gasteiger partial charge on any atom is 0.512 e. The molecule has 5 rings (SSSR count). The fourth-order valence-electron chi connectivity index (χ4n) is 4.13. The Hall–Kier alpha value is -3.30. The Bertz CT molecular complexity index is 1170. The maximum atomic E-state index is 13.9. The summed E-state index contributed by atoms with van der Waals surface area (Å²) in [5, 5.41) is 3.14. The van der Waals surface area contributed by atoms with Crippen LogP contribution in [0.15, 0.2) is 121 Å². The molecule has 0 atom stereocenters. The monoisotopic (exact) mass is 517 g/mol. The van der Waals surface area contributed by atoms with Gasteiger partial charge in [-0.15, -0.1) is 0 Å². The zero-order valence-corrected chi connectivity index (χ0v) is 21.7. The van der Waals surface area contributed by atoms with Crippen molar-refractivity contribution in [2.24, 2.45) is 0 Å². The van der Waals surface area contributed by atoms with Crippen LogP contribution in [0.25, 0.3) is 0 Å². The van der Waals surface area contributed by atoms with Gasteiger partial charge in [-0.3, -0.25) is 0 Å². The van der Waals surface area contributed by atoms with Gasteiger partial charge in [-0.25, -0.2) is 9.65 Å². The van der Waals surface area contributed by atoms with Crippen molar-refractivity contribution < 1.29 is 13.6 Å². The van der Waals surface area contributed by atoms with E-state index in [1.807, 2.05) is 48.5 Å². The zero-order chi connectivity index (χ0) is 24.6. The Kier molecular flexibility index (Phi) is 7.88. The number of rotatable bonds is 10. The van der Waals surface area contributed by atoms with Crippen molar-refractivity contribution >= 4 is 27.3 Å². The first-order chi connectivity index (χ1) is 17.7. The highest BCUT2D eigenvalue weighted by Gasteiger charge is 2.34. The number of hydrogen-bond donors (Lipinski definition) is 1. The van der Waals surface area contributed by atoms with E-state index in [0.717, 1.165) is 19.3 Å². The van der Waals surface area contributed by atoms with E-state index in [-0.39, 0.29) is 0 Å². The van der Waals surface area contributed by atoms with Gasteiger partial charge in [0.25, 0.3) is 0 Å². The highest BCUT2D eigenvalue weighted by atomic mass is 31.2. The maximum absolute atomic E-state index is 13.9. The average Bonchev–Trinajstić information content (AvgIpc) is 3.34. The number of hydrogen-bond acceptors (Lipinski definition) is 5. The summed E-state index contributed by atoms with van der Waals surface area (Å²) in [5.74, 6) is 0.986. The Morgan fingerprint density at radius 1 is 0.639 bits per heavy atom. The molecular weight excluding hydrogens is 488 g/mol. The lowest BCUT2D eigenvalue weighted by Crippen LogP contribution is -2.25. The van der Waals surface area contributed by atoms with Gasteiger partial charge in [0.1, 0.15) is 11.5 Å². The predicted molar refractivity (Wildman–Crippen MR) is 149 cm³/mol. The molecule has 0 radical (unpaired) electrons. The molecule has 1 aliphatic rings. The highest BCUT2D eigenvalue weighted by molar-refractivity contribution is 7.61. The normalized spacial score (nSPS) is 14.1. The van der Waals surface area contributed by atoms with E-state index in [9.17, 15) is 4.57 Å². The molecule has 4 aromatic rings. The molecule has 1 heterocycles. The molecule has 0 amide bonds. The summed E-state index contributed by atoms with van der Waals surface area (Å²) in [6.45, 7) is 2.34. The van der Waals surface area contributed by atoms with Crippen molar-refractivity contribution in [2.75, 3.05) is 35.1 Å². The third-order valence-corrected chi connectivity index (χ3v) is 9.86. The van der Waals surface area contributed by atoms with Crippen molar-refractivity contribution in [1.82, 2.24) is 5.09 Å². The molecule has 36 heavy (non-hydrogen) atoms. The first kappa shape index (κ1) is 24.4. The van der Waals surface area contributed by atoms with Crippen LogP contribution in [0.3, 0.4) is 0 Å². The van der Waals surface area contributed by atoms with Crippen LogP contribution < -0.4 is 23.5 Å². The molecule has 6 nitrogen and oxygen atoms in total. The zero-order valence-electron chi connectivity index (χ0n) is 19.9. The molecule has 0 spiro atoms. The molecule has 0 aromatic heterocycles. The second kappa shape index (κ2) is 11.6. The Morgan fingerprint density at radius 2 is 1.03 bits per heavy atom. The predicted octanol–water partition coefficient (Wildman–Crippen LogP) is 7.18. The molecule has 184 valence electrons. The van der Waals surface area contributed by atoms with Crippen molar-refractivity contribution in [3.8, 4) is 11.5 Å². The number of benzene rings is 4. The third kappa shape index (κ3) is 6.09. The minimum absolute atomic E-state index is 0.468. The Labute approximate surface area is 213 Å². The summed E-state index contributed by atoms with van der Waals surface area (Å²) < 4.78 is 30.6. The molecule has 1 saturated heterocycles. The molecule has 0 saturated carbocycles. The van der Waals surface area contributed by atoms with E-state index in [4.69, 9.17) is 9.05 Å². The minimum atomic E-state index is -3.68. The summed E-state index contributed by atoms with van der Waals surface area (Å²) in [7, 11) is -4.40. The molecule has 1 fully saturated rings. The van der Waals surface area contributed by atoms with Crippen LogP contribution in [0.5, 0.6) is 11.5 Å². The van der Waals surface area contributed by atoms with Gasteiger partial charge >= 0.3 is 7.75 Å². The van der Waals surface area contributed by atoms with Gasteiger partial charge in [-0.1, -0.05) is 72.8 Å². The van der Waals surface area contributed by atoms with E-state index in [2.05, 4.69) is 63.0 Å². The van der Waals surface area contributed by atoms with Crippen LogP contribution in [-0.4, -0.2) is 25.8 Å². The van der Waals surface area contributed by atoms with Crippen LogP contribution in [0.4, 0.5) is 11.4 Å².